The maximum absolute atomic E-state index is 12.8. The molecule has 3 rings (SSSR count). The van der Waals surface area contributed by atoms with E-state index in [-0.39, 0.29) is 11.8 Å². The van der Waals surface area contributed by atoms with Gasteiger partial charge in [0.2, 0.25) is 5.91 Å². The summed E-state index contributed by atoms with van der Waals surface area (Å²) in [6.45, 7) is 1.07. The summed E-state index contributed by atoms with van der Waals surface area (Å²) in [6.07, 6.45) is 4.28. The van der Waals surface area contributed by atoms with E-state index < -0.39 is 0 Å². The molecule has 2 aromatic rings. The van der Waals surface area contributed by atoms with Crippen LogP contribution in [0.15, 0.2) is 60.7 Å². The highest BCUT2D eigenvalue weighted by Gasteiger charge is 2.29. The van der Waals surface area contributed by atoms with Gasteiger partial charge in [-0.1, -0.05) is 36.4 Å². The zero-order chi connectivity index (χ0) is 17.6. The molecule has 132 valence electrons. The average Bonchev–Trinajstić information content (AvgIpc) is 2.69. The van der Waals surface area contributed by atoms with Gasteiger partial charge in [0, 0.05) is 37.9 Å². The van der Waals surface area contributed by atoms with Gasteiger partial charge in [0.05, 0.1) is 0 Å². The largest absolute Gasteiger partial charge is 0.374 e. The molecule has 0 bridgehead atoms. The van der Waals surface area contributed by atoms with Crippen molar-refractivity contribution in [1.82, 2.24) is 0 Å². The lowest BCUT2D eigenvalue weighted by molar-refractivity contribution is -0.123. The van der Waals surface area contributed by atoms with Crippen LogP contribution in [-0.4, -0.2) is 26.5 Å². The fraction of sp³-hybridized carbons (Fsp3) is 0.409. The number of hydrogen-bond donors (Lipinski definition) is 0. The van der Waals surface area contributed by atoms with E-state index in [0.29, 0.717) is 5.92 Å². The highest BCUT2D eigenvalue weighted by atomic mass is 16.2. The maximum atomic E-state index is 12.8. The van der Waals surface area contributed by atoms with Crippen molar-refractivity contribution in [3.63, 3.8) is 0 Å². The zero-order valence-corrected chi connectivity index (χ0v) is 15.3. The van der Waals surface area contributed by atoms with Crippen LogP contribution in [0.5, 0.6) is 0 Å². The fourth-order valence-electron chi connectivity index (χ4n) is 3.82. The van der Waals surface area contributed by atoms with Crippen LogP contribution in [0, 0.1) is 11.8 Å². The second-order valence-corrected chi connectivity index (χ2v) is 7.17. The van der Waals surface area contributed by atoms with Gasteiger partial charge in [0.1, 0.15) is 0 Å². The van der Waals surface area contributed by atoms with Gasteiger partial charge >= 0.3 is 0 Å². The van der Waals surface area contributed by atoms with Crippen molar-refractivity contribution in [2.75, 3.05) is 30.4 Å². The summed E-state index contributed by atoms with van der Waals surface area (Å²) in [5.41, 5.74) is 2.25. The van der Waals surface area contributed by atoms with Gasteiger partial charge in [0.15, 0.2) is 0 Å². The number of amides is 1. The fourth-order valence-corrected chi connectivity index (χ4v) is 3.82. The first kappa shape index (κ1) is 17.5. The number of para-hydroxylation sites is 2. The minimum absolute atomic E-state index is 0.170. The third kappa shape index (κ3) is 4.41. The molecule has 0 N–H and O–H groups in total. The van der Waals surface area contributed by atoms with Crippen molar-refractivity contribution >= 4 is 17.3 Å². The molecule has 1 amide bonds. The molecule has 2 aromatic carbocycles. The number of carbonyl (C=O) groups excluding carboxylic acids is 1. The van der Waals surface area contributed by atoms with Crippen molar-refractivity contribution in [2.24, 2.45) is 11.8 Å². The highest BCUT2D eigenvalue weighted by Crippen LogP contribution is 2.32. The molecule has 0 spiro atoms. The van der Waals surface area contributed by atoms with Crippen molar-refractivity contribution in [3.8, 4) is 0 Å². The number of carbonyl (C=O) groups is 1. The molecule has 3 nitrogen and oxygen atoms in total. The molecule has 0 saturated heterocycles. The predicted molar refractivity (Wildman–Crippen MR) is 105 cm³/mol. The van der Waals surface area contributed by atoms with Crippen LogP contribution in [0.1, 0.15) is 25.7 Å². The quantitative estimate of drug-likeness (QED) is 0.797. The van der Waals surface area contributed by atoms with E-state index in [1.165, 1.54) is 5.69 Å². The van der Waals surface area contributed by atoms with Crippen molar-refractivity contribution in [2.45, 2.75) is 25.7 Å². The topological polar surface area (TPSA) is 23.6 Å². The lowest BCUT2D eigenvalue weighted by atomic mass is 9.81. The Morgan fingerprint density at radius 2 is 1.36 bits per heavy atom. The Morgan fingerprint density at radius 3 is 1.92 bits per heavy atom. The Labute approximate surface area is 151 Å². The smallest absolute Gasteiger partial charge is 0.229 e. The SMILES string of the molecule is CN(CC1CCC(C(=O)N(C)c2ccccc2)CC1)c1ccccc1. The molecule has 0 radical (unpaired) electrons. The summed E-state index contributed by atoms with van der Waals surface area (Å²) in [4.78, 5) is 16.9. The third-order valence-electron chi connectivity index (χ3n) is 5.40. The van der Waals surface area contributed by atoms with Crippen LogP contribution < -0.4 is 9.80 Å². The number of benzene rings is 2. The molecule has 1 fully saturated rings. The molecule has 0 heterocycles. The molecule has 0 unspecified atom stereocenters. The summed E-state index contributed by atoms with van der Waals surface area (Å²) in [5, 5.41) is 0. The zero-order valence-electron chi connectivity index (χ0n) is 15.3. The molecule has 25 heavy (non-hydrogen) atoms. The molecular weight excluding hydrogens is 308 g/mol. The lowest BCUT2D eigenvalue weighted by Gasteiger charge is -2.33. The average molecular weight is 336 g/mol. The molecule has 1 aliphatic carbocycles. The van der Waals surface area contributed by atoms with E-state index in [1.807, 2.05) is 42.3 Å². The number of rotatable bonds is 5. The van der Waals surface area contributed by atoms with Gasteiger partial charge in [-0.3, -0.25) is 4.79 Å². The Balaban J connectivity index is 1.51. The van der Waals surface area contributed by atoms with Crippen molar-refractivity contribution in [1.29, 1.82) is 0 Å². The van der Waals surface area contributed by atoms with E-state index in [1.54, 1.807) is 0 Å². The summed E-state index contributed by atoms with van der Waals surface area (Å²) in [7, 11) is 4.06. The van der Waals surface area contributed by atoms with E-state index in [0.717, 1.165) is 37.9 Å². The Hall–Kier alpha value is -2.29. The summed E-state index contributed by atoms with van der Waals surface area (Å²) in [6, 6.07) is 20.5. The van der Waals surface area contributed by atoms with Gasteiger partial charge in [-0.2, -0.15) is 0 Å². The Bertz CT molecular complexity index is 663. The first-order valence-electron chi connectivity index (χ1n) is 9.24. The normalized spacial score (nSPS) is 20.1. The van der Waals surface area contributed by atoms with Gasteiger partial charge in [-0.25, -0.2) is 0 Å². The second-order valence-electron chi connectivity index (χ2n) is 7.17. The van der Waals surface area contributed by atoms with E-state index in [9.17, 15) is 4.79 Å². The molecule has 3 heteroatoms. The summed E-state index contributed by atoms with van der Waals surface area (Å²) < 4.78 is 0. The lowest BCUT2D eigenvalue weighted by Crippen LogP contribution is -2.36. The number of nitrogens with zero attached hydrogens (tertiary/aromatic N) is 2. The number of anilines is 2. The van der Waals surface area contributed by atoms with Crippen LogP contribution >= 0.6 is 0 Å². The minimum Gasteiger partial charge on any atom is -0.374 e. The molecule has 1 aliphatic rings. The molecular formula is C22H28N2O. The molecule has 1 saturated carbocycles. The molecule has 0 aliphatic heterocycles. The first-order valence-corrected chi connectivity index (χ1v) is 9.24. The van der Waals surface area contributed by atoms with E-state index in [4.69, 9.17) is 0 Å². The predicted octanol–water partition coefficient (Wildman–Crippen LogP) is 4.59. The Kier molecular flexibility index (Phi) is 5.75. The standard InChI is InChI=1S/C22H28N2O/c1-23(20-9-5-3-6-10-20)17-18-13-15-19(16-14-18)22(25)24(2)21-11-7-4-8-12-21/h3-12,18-19H,13-17H2,1-2H3. The molecule has 0 aromatic heterocycles. The van der Waals surface area contributed by atoms with Crippen LogP contribution in [0.3, 0.4) is 0 Å². The van der Waals surface area contributed by atoms with Gasteiger partial charge in [-0.05, 0) is 55.9 Å². The monoisotopic (exact) mass is 336 g/mol. The van der Waals surface area contributed by atoms with E-state index >= 15 is 0 Å². The third-order valence-corrected chi connectivity index (χ3v) is 5.40. The van der Waals surface area contributed by atoms with Gasteiger partial charge in [-0.15, -0.1) is 0 Å². The Morgan fingerprint density at radius 1 is 0.840 bits per heavy atom. The van der Waals surface area contributed by atoms with Crippen LogP contribution in [0.25, 0.3) is 0 Å². The summed E-state index contributed by atoms with van der Waals surface area (Å²) >= 11 is 0. The minimum atomic E-state index is 0.170. The second kappa shape index (κ2) is 8.19. The van der Waals surface area contributed by atoms with Gasteiger partial charge < -0.3 is 9.80 Å². The van der Waals surface area contributed by atoms with Gasteiger partial charge in [0.25, 0.3) is 0 Å². The first-order chi connectivity index (χ1) is 12.1. The molecule has 0 atom stereocenters. The summed E-state index contributed by atoms with van der Waals surface area (Å²) in [5.74, 6) is 1.11. The van der Waals surface area contributed by atoms with Crippen molar-refractivity contribution in [3.05, 3.63) is 60.7 Å². The number of hydrogen-bond acceptors (Lipinski definition) is 2. The van der Waals surface area contributed by atoms with Crippen LogP contribution in [-0.2, 0) is 4.79 Å². The highest BCUT2D eigenvalue weighted by molar-refractivity contribution is 5.94. The van der Waals surface area contributed by atoms with E-state index in [2.05, 4.69) is 42.3 Å². The maximum Gasteiger partial charge on any atom is 0.229 e. The van der Waals surface area contributed by atoms with Crippen LogP contribution in [0.2, 0.25) is 0 Å². The van der Waals surface area contributed by atoms with Crippen molar-refractivity contribution < 1.29 is 4.79 Å². The van der Waals surface area contributed by atoms with Crippen LogP contribution in [0.4, 0.5) is 11.4 Å².